The Morgan fingerprint density at radius 1 is 0.826 bits per heavy atom. The van der Waals surface area contributed by atoms with E-state index in [2.05, 4.69) is 62.7 Å². The molecule has 0 aromatic heterocycles. The van der Waals surface area contributed by atoms with Gasteiger partial charge in [-0.25, -0.2) is 0 Å². The Kier molecular flexibility index (Phi) is 9.82. The van der Waals surface area contributed by atoms with Crippen LogP contribution in [0.1, 0.15) is 71.8 Å². The van der Waals surface area contributed by atoms with Crippen molar-refractivity contribution in [3.8, 4) is 0 Å². The highest BCUT2D eigenvalue weighted by atomic mass is 15.2. The molecule has 0 bridgehead atoms. The standard InChI is InChI=1S/C21H38N2/c1-6-10-12-15-19-16-14-17-20(23(8-3)9-4)21(19)22(5)18-13-11-7-2/h14,16-17H,6-13,15,18H2,1-5H3. The minimum Gasteiger partial charge on any atom is -0.373 e. The lowest BCUT2D eigenvalue weighted by molar-refractivity contribution is 0.694. The van der Waals surface area contributed by atoms with Crippen LogP contribution in [0.3, 0.4) is 0 Å². The molecule has 0 radical (unpaired) electrons. The Bertz CT molecular complexity index is 424. The van der Waals surface area contributed by atoms with Crippen LogP contribution in [-0.4, -0.2) is 26.7 Å². The molecule has 0 amide bonds. The Morgan fingerprint density at radius 2 is 1.48 bits per heavy atom. The number of benzene rings is 1. The summed E-state index contributed by atoms with van der Waals surface area (Å²) in [5.41, 5.74) is 4.42. The number of hydrogen-bond acceptors (Lipinski definition) is 2. The van der Waals surface area contributed by atoms with E-state index < -0.39 is 0 Å². The van der Waals surface area contributed by atoms with E-state index >= 15 is 0 Å². The first-order valence-electron chi connectivity index (χ1n) is 9.77. The summed E-state index contributed by atoms with van der Waals surface area (Å²) >= 11 is 0. The number of para-hydroxylation sites is 1. The molecule has 0 unspecified atom stereocenters. The molecule has 1 aromatic rings. The first kappa shape index (κ1) is 19.9. The monoisotopic (exact) mass is 318 g/mol. The van der Waals surface area contributed by atoms with Crippen molar-refractivity contribution < 1.29 is 0 Å². The quantitative estimate of drug-likeness (QED) is 0.443. The van der Waals surface area contributed by atoms with Gasteiger partial charge in [-0.1, -0.05) is 51.7 Å². The molecule has 0 aliphatic carbocycles. The van der Waals surface area contributed by atoms with Gasteiger partial charge in [0.15, 0.2) is 0 Å². The molecular weight excluding hydrogens is 280 g/mol. The van der Waals surface area contributed by atoms with E-state index in [0.717, 1.165) is 19.6 Å². The van der Waals surface area contributed by atoms with Crippen LogP contribution < -0.4 is 9.80 Å². The fourth-order valence-corrected chi connectivity index (χ4v) is 3.32. The van der Waals surface area contributed by atoms with Gasteiger partial charge in [0.1, 0.15) is 0 Å². The van der Waals surface area contributed by atoms with Gasteiger partial charge in [-0.05, 0) is 44.7 Å². The summed E-state index contributed by atoms with van der Waals surface area (Å²) in [6, 6.07) is 6.90. The SMILES string of the molecule is CCCCCc1cccc(N(CC)CC)c1N(C)CCCCC. The molecule has 0 saturated carbocycles. The zero-order chi connectivity index (χ0) is 17.1. The first-order chi connectivity index (χ1) is 11.2. The van der Waals surface area contributed by atoms with Crippen LogP contribution in [0.15, 0.2) is 18.2 Å². The lowest BCUT2D eigenvalue weighted by Gasteiger charge is -2.31. The zero-order valence-corrected chi connectivity index (χ0v) is 16.2. The molecule has 1 rings (SSSR count). The van der Waals surface area contributed by atoms with Crippen LogP contribution in [0, 0.1) is 0 Å². The van der Waals surface area contributed by atoms with Crippen molar-refractivity contribution in [2.75, 3.05) is 36.5 Å². The predicted molar refractivity (Wildman–Crippen MR) is 106 cm³/mol. The topological polar surface area (TPSA) is 6.48 Å². The van der Waals surface area contributed by atoms with Gasteiger partial charge in [0, 0.05) is 26.7 Å². The van der Waals surface area contributed by atoms with Crippen LogP contribution >= 0.6 is 0 Å². The second-order valence-electron chi connectivity index (χ2n) is 6.54. The fourth-order valence-electron chi connectivity index (χ4n) is 3.32. The Morgan fingerprint density at radius 3 is 2.09 bits per heavy atom. The summed E-state index contributed by atoms with van der Waals surface area (Å²) in [4.78, 5) is 5.00. The molecule has 0 N–H and O–H groups in total. The first-order valence-corrected chi connectivity index (χ1v) is 9.77. The summed E-state index contributed by atoms with van der Waals surface area (Å²) in [5, 5.41) is 0. The van der Waals surface area contributed by atoms with Crippen molar-refractivity contribution in [3.05, 3.63) is 23.8 Å². The maximum Gasteiger partial charge on any atom is 0.0634 e. The molecule has 1 aromatic carbocycles. The van der Waals surface area contributed by atoms with Gasteiger partial charge in [0.25, 0.3) is 0 Å². The van der Waals surface area contributed by atoms with Crippen molar-refractivity contribution in [1.82, 2.24) is 0 Å². The average Bonchev–Trinajstić information content (AvgIpc) is 2.56. The molecule has 0 saturated heterocycles. The second-order valence-corrected chi connectivity index (χ2v) is 6.54. The van der Waals surface area contributed by atoms with Gasteiger partial charge >= 0.3 is 0 Å². The predicted octanol–water partition coefficient (Wildman–Crippen LogP) is 5.89. The van der Waals surface area contributed by atoms with Crippen molar-refractivity contribution in [2.24, 2.45) is 0 Å². The highest BCUT2D eigenvalue weighted by molar-refractivity contribution is 5.74. The van der Waals surface area contributed by atoms with Gasteiger partial charge in [0.2, 0.25) is 0 Å². The maximum atomic E-state index is 2.50. The summed E-state index contributed by atoms with van der Waals surface area (Å²) < 4.78 is 0. The number of rotatable bonds is 12. The molecule has 0 heterocycles. The largest absolute Gasteiger partial charge is 0.373 e. The molecule has 0 aliphatic rings. The third kappa shape index (κ3) is 6.08. The van der Waals surface area contributed by atoms with Gasteiger partial charge in [-0.15, -0.1) is 0 Å². The Labute approximate surface area is 144 Å². The van der Waals surface area contributed by atoms with Crippen LogP contribution in [0.25, 0.3) is 0 Å². The summed E-state index contributed by atoms with van der Waals surface area (Å²) in [7, 11) is 2.28. The fraction of sp³-hybridized carbons (Fsp3) is 0.714. The van der Waals surface area contributed by atoms with E-state index in [1.807, 2.05) is 0 Å². The highest BCUT2D eigenvalue weighted by Crippen LogP contribution is 2.34. The number of nitrogens with zero attached hydrogens (tertiary/aromatic N) is 2. The van der Waals surface area contributed by atoms with Crippen molar-refractivity contribution >= 4 is 11.4 Å². The van der Waals surface area contributed by atoms with Gasteiger partial charge in [-0.2, -0.15) is 0 Å². The van der Waals surface area contributed by atoms with E-state index in [1.54, 1.807) is 0 Å². The Balaban J connectivity index is 3.05. The molecule has 0 aliphatic heterocycles. The van der Waals surface area contributed by atoms with Crippen molar-refractivity contribution in [2.45, 2.75) is 72.6 Å². The third-order valence-corrected chi connectivity index (χ3v) is 4.73. The van der Waals surface area contributed by atoms with E-state index in [-0.39, 0.29) is 0 Å². The molecule has 0 fully saturated rings. The lowest BCUT2D eigenvalue weighted by Crippen LogP contribution is -2.27. The molecule has 0 atom stereocenters. The van der Waals surface area contributed by atoms with Crippen LogP contribution in [0.2, 0.25) is 0 Å². The molecule has 0 spiro atoms. The van der Waals surface area contributed by atoms with Crippen molar-refractivity contribution in [1.29, 1.82) is 0 Å². The van der Waals surface area contributed by atoms with Crippen molar-refractivity contribution in [3.63, 3.8) is 0 Å². The molecular formula is C21H38N2. The molecule has 2 heteroatoms. The average molecular weight is 319 g/mol. The van der Waals surface area contributed by atoms with E-state index in [1.165, 1.54) is 61.9 Å². The molecule has 132 valence electrons. The highest BCUT2D eigenvalue weighted by Gasteiger charge is 2.16. The van der Waals surface area contributed by atoms with E-state index in [0.29, 0.717) is 0 Å². The minimum absolute atomic E-state index is 1.07. The smallest absolute Gasteiger partial charge is 0.0634 e. The molecule has 2 nitrogen and oxygen atoms in total. The number of anilines is 2. The molecule has 23 heavy (non-hydrogen) atoms. The summed E-state index contributed by atoms with van der Waals surface area (Å²) in [6.45, 7) is 12.4. The number of hydrogen-bond donors (Lipinski definition) is 0. The third-order valence-electron chi connectivity index (χ3n) is 4.73. The Hall–Kier alpha value is -1.18. The summed E-state index contributed by atoms with van der Waals surface area (Å²) in [5.74, 6) is 0. The maximum absolute atomic E-state index is 2.50. The number of aryl methyl sites for hydroxylation is 1. The number of unbranched alkanes of at least 4 members (excludes halogenated alkanes) is 4. The lowest BCUT2D eigenvalue weighted by atomic mass is 10.0. The van der Waals surface area contributed by atoms with Gasteiger partial charge in [0.05, 0.1) is 11.4 Å². The summed E-state index contributed by atoms with van der Waals surface area (Å²) in [6.07, 6.45) is 9.02. The van der Waals surface area contributed by atoms with Crippen LogP contribution in [-0.2, 0) is 6.42 Å². The van der Waals surface area contributed by atoms with E-state index in [4.69, 9.17) is 0 Å². The second kappa shape index (κ2) is 11.4. The minimum atomic E-state index is 1.07. The normalized spacial score (nSPS) is 10.8. The van der Waals surface area contributed by atoms with E-state index in [9.17, 15) is 0 Å². The zero-order valence-electron chi connectivity index (χ0n) is 16.2. The van der Waals surface area contributed by atoms with Crippen LogP contribution in [0.4, 0.5) is 11.4 Å². The van der Waals surface area contributed by atoms with Gasteiger partial charge in [-0.3, -0.25) is 0 Å². The van der Waals surface area contributed by atoms with Gasteiger partial charge < -0.3 is 9.80 Å². The van der Waals surface area contributed by atoms with Crippen LogP contribution in [0.5, 0.6) is 0 Å².